The van der Waals surface area contributed by atoms with Crippen molar-refractivity contribution >= 4 is 35.1 Å². The average molecular weight is 271 g/mol. The van der Waals surface area contributed by atoms with Crippen molar-refractivity contribution < 1.29 is 4.79 Å². The first-order valence-electron chi connectivity index (χ1n) is 5.63. The third-order valence-corrected chi connectivity index (χ3v) is 3.45. The van der Waals surface area contributed by atoms with E-state index in [1.165, 1.54) is 0 Å². The van der Waals surface area contributed by atoms with E-state index in [0.717, 1.165) is 23.1 Å². The van der Waals surface area contributed by atoms with Crippen molar-refractivity contribution in [2.75, 3.05) is 0 Å². The number of aryl methyl sites for hydroxylation is 1. The van der Waals surface area contributed by atoms with E-state index in [1.54, 1.807) is 6.07 Å². The minimum atomic E-state index is 0.156. The number of allylic oxidation sites excluding steroid dienone is 1. The number of carbonyl (C=O) groups excluding carboxylic acids is 1. The highest BCUT2D eigenvalue weighted by atomic mass is 35.5. The van der Waals surface area contributed by atoms with E-state index in [9.17, 15) is 4.79 Å². The van der Waals surface area contributed by atoms with Gasteiger partial charge in [-0.05, 0) is 49.1 Å². The molecule has 0 N–H and O–H groups in total. The molecule has 0 spiro atoms. The number of benzene rings is 1. The average Bonchev–Trinajstić information content (AvgIpc) is 2.29. The predicted molar refractivity (Wildman–Crippen MR) is 74.8 cm³/mol. The normalized spacial score (nSPS) is 11.7. The maximum Gasteiger partial charge on any atom is 0.158 e. The van der Waals surface area contributed by atoms with Gasteiger partial charge in [0.25, 0.3) is 0 Å². The first-order chi connectivity index (χ1) is 7.97. The fraction of sp³-hybridized carbons (Fsp3) is 0.357. The van der Waals surface area contributed by atoms with Gasteiger partial charge in [0.05, 0.1) is 10.0 Å². The highest BCUT2D eigenvalue weighted by molar-refractivity contribution is 6.43. The van der Waals surface area contributed by atoms with Gasteiger partial charge < -0.3 is 0 Å². The fourth-order valence-electron chi connectivity index (χ4n) is 1.56. The van der Waals surface area contributed by atoms with Crippen molar-refractivity contribution in [3.8, 4) is 0 Å². The Morgan fingerprint density at radius 2 is 2.00 bits per heavy atom. The quantitative estimate of drug-likeness (QED) is 0.698. The van der Waals surface area contributed by atoms with Crippen molar-refractivity contribution in [2.45, 2.75) is 33.6 Å². The summed E-state index contributed by atoms with van der Waals surface area (Å²) in [5.41, 5.74) is 2.57. The lowest BCUT2D eigenvalue weighted by Crippen LogP contribution is -1.98. The Balaban J connectivity index is 3.14. The number of rotatable bonds is 4. The molecule has 0 unspecified atom stereocenters. The summed E-state index contributed by atoms with van der Waals surface area (Å²) in [4.78, 5) is 11.7. The lowest BCUT2D eigenvalue weighted by molar-refractivity contribution is -0.115. The molecule has 0 bridgehead atoms. The number of hydrogen-bond acceptors (Lipinski definition) is 1. The number of carbonyl (C=O) groups is 1. The SMILES string of the molecule is CCCC(=O)/C(C)=C/c1c(C)ccc(Cl)c1Cl. The van der Waals surface area contributed by atoms with Gasteiger partial charge >= 0.3 is 0 Å². The van der Waals surface area contributed by atoms with Crippen LogP contribution in [0.2, 0.25) is 10.0 Å². The molecule has 1 aromatic rings. The minimum Gasteiger partial charge on any atom is -0.295 e. The zero-order chi connectivity index (χ0) is 13.0. The number of ketones is 1. The van der Waals surface area contributed by atoms with E-state index < -0.39 is 0 Å². The van der Waals surface area contributed by atoms with Crippen LogP contribution in [0.15, 0.2) is 17.7 Å². The second-order valence-corrected chi connectivity index (χ2v) is 4.88. The van der Waals surface area contributed by atoms with Gasteiger partial charge in [0.2, 0.25) is 0 Å². The Morgan fingerprint density at radius 1 is 1.35 bits per heavy atom. The molecule has 0 amide bonds. The van der Waals surface area contributed by atoms with Crippen LogP contribution in [0.1, 0.15) is 37.8 Å². The Kier molecular flexibility index (Phi) is 5.23. The van der Waals surface area contributed by atoms with E-state index in [0.29, 0.717) is 16.5 Å². The minimum absolute atomic E-state index is 0.156. The molecule has 0 radical (unpaired) electrons. The predicted octanol–water partition coefficient (Wildman–Crippen LogP) is 5.07. The molecule has 0 aliphatic rings. The summed E-state index contributed by atoms with van der Waals surface area (Å²) >= 11 is 12.1. The van der Waals surface area contributed by atoms with Crippen LogP contribution in [0.5, 0.6) is 0 Å². The third kappa shape index (κ3) is 3.58. The molecule has 0 atom stereocenters. The van der Waals surface area contributed by atoms with Gasteiger partial charge in [-0.15, -0.1) is 0 Å². The van der Waals surface area contributed by atoms with Crippen LogP contribution < -0.4 is 0 Å². The highest BCUT2D eigenvalue weighted by Crippen LogP contribution is 2.30. The van der Waals surface area contributed by atoms with Crippen molar-refractivity contribution in [3.05, 3.63) is 38.9 Å². The third-order valence-electron chi connectivity index (χ3n) is 2.63. The summed E-state index contributed by atoms with van der Waals surface area (Å²) in [5, 5.41) is 1.02. The van der Waals surface area contributed by atoms with Crippen molar-refractivity contribution in [1.82, 2.24) is 0 Å². The molecule has 0 aliphatic heterocycles. The van der Waals surface area contributed by atoms with E-state index in [1.807, 2.05) is 32.9 Å². The van der Waals surface area contributed by atoms with Crippen molar-refractivity contribution in [1.29, 1.82) is 0 Å². The fourth-order valence-corrected chi connectivity index (χ4v) is 1.99. The van der Waals surface area contributed by atoms with Crippen LogP contribution in [0, 0.1) is 6.92 Å². The molecule has 0 saturated carbocycles. The highest BCUT2D eigenvalue weighted by Gasteiger charge is 2.09. The summed E-state index contributed by atoms with van der Waals surface area (Å²) in [5.74, 6) is 0.156. The van der Waals surface area contributed by atoms with Gasteiger partial charge in [-0.25, -0.2) is 0 Å². The van der Waals surface area contributed by atoms with Crippen LogP contribution in [-0.2, 0) is 4.79 Å². The monoisotopic (exact) mass is 270 g/mol. The van der Waals surface area contributed by atoms with Gasteiger partial charge in [0.1, 0.15) is 0 Å². The molecule has 1 rings (SSSR count). The van der Waals surface area contributed by atoms with Crippen LogP contribution in [-0.4, -0.2) is 5.78 Å². The van der Waals surface area contributed by atoms with Crippen LogP contribution >= 0.6 is 23.2 Å². The molecule has 0 aliphatic carbocycles. The molecule has 1 nitrogen and oxygen atoms in total. The molecule has 0 heterocycles. The van der Waals surface area contributed by atoms with Gasteiger partial charge in [-0.2, -0.15) is 0 Å². The van der Waals surface area contributed by atoms with E-state index in [4.69, 9.17) is 23.2 Å². The van der Waals surface area contributed by atoms with Crippen LogP contribution in [0.4, 0.5) is 0 Å². The van der Waals surface area contributed by atoms with Crippen molar-refractivity contribution in [3.63, 3.8) is 0 Å². The maximum atomic E-state index is 11.7. The van der Waals surface area contributed by atoms with Gasteiger partial charge in [0.15, 0.2) is 5.78 Å². The van der Waals surface area contributed by atoms with Gasteiger partial charge in [0, 0.05) is 6.42 Å². The molecule has 0 saturated heterocycles. The molecule has 17 heavy (non-hydrogen) atoms. The Morgan fingerprint density at radius 3 is 2.59 bits per heavy atom. The molecule has 0 aromatic heterocycles. The largest absolute Gasteiger partial charge is 0.295 e. The van der Waals surface area contributed by atoms with Crippen LogP contribution in [0.25, 0.3) is 6.08 Å². The van der Waals surface area contributed by atoms with Crippen LogP contribution in [0.3, 0.4) is 0 Å². The zero-order valence-electron chi connectivity index (χ0n) is 10.3. The van der Waals surface area contributed by atoms with E-state index in [-0.39, 0.29) is 5.78 Å². The summed E-state index contributed by atoms with van der Waals surface area (Å²) in [6.45, 7) is 5.75. The second-order valence-electron chi connectivity index (χ2n) is 4.09. The lowest BCUT2D eigenvalue weighted by Gasteiger charge is -2.07. The second kappa shape index (κ2) is 6.23. The number of Topliss-reactive ketones (excluding diaryl/α,β-unsaturated/α-hetero) is 1. The van der Waals surface area contributed by atoms with Gasteiger partial charge in [-0.3, -0.25) is 4.79 Å². The summed E-state index contributed by atoms with van der Waals surface area (Å²) in [6.07, 6.45) is 3.24. The van der Waals surface area contributed by atoms with Crippen molar-refractivity contribution in [2.24, 2.45) is 0 Å². The summed E-state index contributed by atoms with van der Waals surface area (Å²) in [6, 6.07) is 3.66. The van der Waals surface area contributed by atoms with Gasteiger partial charge in [-0.1, -0.05) is 36.2 Å². The number of halogens is 2. The molecular weight excluding hydrogens is 255 g/mol. The molecule has 1 aromatic carbocycles. The van der Waals surface area contributed by atoms with E-state index in [2.05, 4.69) is 0 Å². The summed E-state index contributed by atoms with van der Waals surface area (Å²) in [7, 11) is 0. The van der Waals surface area contributed by atoms with E-state index >= 15 is 0 Å². The standard InChI is InChI=1S/C14H16Cl2O/c1-4-5-13(17)10(3)8-11-9(2)6-7-12(15)14(11)16/h6-8H,4-5H2,1-3H3/b10-8+. The topological polar surface area (TPSA) is 17.1 Å². The zero-order valence-corrected chi connectivity index (χ0v) is 11.8. The molecule has 92 valence electrons. The first kappa shape index (κ1) is 14.3. The molecule has 0 fully saturated rings. The molecular formula is C14H16Cl2O. The maximum absolute atomic E-state index is 11.7. The lowest BCUT2D eigenvalue weighted by atomic mass is 10.0. The molecule has 3 heteroatoms. The number of hydrogen-bond donors (Lipinski definition) is 0. The Hall–Kier alpha value is -0.790. The first-order valence-corrected chi connectivity index (χ1v) is 6.39. The smallest absolute Gasteiger partial charge is 0.158 e. The summed E-state index contributed by atoms with van der Waals surface area (Å²) < 4.78 is 0. The Labute approximate surface area is 112 Å². The Bertz CT molecular complexity index is 462.